The smallest absolute Gasteiger partial charge is 0.258 e. The zero-order valence-electron chi connectivity index (χ0n) is 10.9. The summed E-state index contributed by atoms with van der Waals surface area (Å²) in [4.78, 5) is 4.38. The van der Waals surface area contributed by atoms with Crippen molar-refractivity contribution in [1.29, 1.82) is 0 Å². The summed E-state index contributed by atoms with van der Waals surface area (Å²) in [5.74, 6) is 1.04. The van der Waals surface area contributed by atoms with Gasteiger partial charge >= 0.3 is 0 Å². The van der Waals surface area contributed by atoms with Gasteiger partial charge in [-0.2, -0.15) is 4.98 Å². The summed E-state index contributed by atoms with van der Waals surface area (Å²) in [7, 11) is 1.65. The first kappa shape index (κ1) is 14.0. The van der Waals surface area contributed by atoms with Crippen molar-refractivity contribution in [3.05, 3.63) is 28.5 Å². The number of hydrogen-bond donors (Lipinski definition) is 1. The van der Waals surface area contributed by atoms with Crippen LogP contribution in [0.2, 0.25) is 0 Å². The van der Waals surface area contributed by atoms with Gasteiger partial charge in [-0.1, -0.05) is 18.5 Å². The molecule has 2 aromatic rings. The molecule has 5 nitrogen and oxygen atoms in total. The first-order valence-electron chi connectivity index (χ1n) is 6.07. The van der Waals surface area contributed by atoms with Gasteiger partial charge in [0.1, 0.15) is 6.10 Å². The Hall–Kier alpha value is -1.40. The van der Waals surface area contributed by atoms with Crippen molar-refractivity contribution in [3.63, 3.8) is 0 Å². The van der Waals surface area contributed by atoms with E-state index in [0.717, 1.165) is 22.9 Å². The number of hydrogen-bond acceptors (Lipinski definition) is 5. The fourth-order valence-corrected chi connectivity index (χ4v) is 2.14. The molecule has 0 spiro atoms. The van der Waals surface area contributed by atoms with Crippen LogP contribution in [-0.4, -0.2) is 17.3 Å². The molecular formula is C13H16BrN3O2. The van der Waals surface area contributed by atoms with Gasteiger partial charge in [-0.15, -0.1) is 0 Å². The molecule has 102 valence electrons. The molecule has 1 unspecified atom stereocenters. The first-order valence-corrected chi connectivity index (χ1v) is 6.86. The maximum atomic E-state index is 5.75. The van der Waals surface area contributed by atoms with Crippen LogP contribution in [0, 0.1) is 0 Å². The highest BCUT2D eigenvalue weighted by molar-refractivity contribution is 9.10. The van der Waals surface area contributed by atoms with Gasteiger partial charge in [-0.25, -0.2) is 0 Å². The van der Waals surface area contributed by atoms with Gasteiger partial charge < -0.3 is 15.0 Å². The number of ether oxygens (including phenoxy) is 1. The largest absolute Gasteiger partial charge is 0.398 e. The van der Waals surface area contributed by atoms with E-state index in [4.69, 9.17) is 15.0 Å². The third-order valence-electron chi connectivity index (χ3n) is 2.81. The molecule has 0 radical (unpaired) electrons. The number of anilines is 1. The molecule has 0 amide bonds. The molecule has 1 aromatic carbocycles. The Bertz CT molecular complexity index is 557. The Balaban J connectivity index is 2.27. The lowest BCUT2D eigenvalue weighted by atomic mass is 10.2. The lowest BCUT2D eigenvalue weighted by Crippen LogP contribution is -2.03. The summed E-state index contributed by atoms with van der Waals surface area (Å²) in [6, 6.07) is 5.50. The van der Waals surface area contributed by atoms with Gasteiger partial charge in [0.2, 0.25) is 5.82 Å². The minimum Gasteiger partial charge on any atom is -0.398 e. The summed E-state index contributed by atoms with van der Waals surface area (Å²) >= 11 is 3.38. The van der Waals surface area contributed by atoms with E-state index in [1.807, 2.05) is 12.1 Å². The second kappa shape index (κ2) is 6.16. The Labute approximate surface area is 120 Å². The third kappa shape index (κ3) is 3.13. The highest BCUT2D eigenvalue weighted by Gasteiger charge is 2.18. The van der Waals surface area contributed by atoms with Crippen molar-refractivity contribution in [2.24, 2.45) is 0 Å². The van der Waals surface area contributed by atoms with Crippen molar-refractivity contribution in [2.75, 3.05) is 12.8 Å². The monoisotopic (exact) mass is 325 g/mol. The van der Waals surface area contributed by atoms with E-state index in [0.29, 0.717) is 17.4 Å². The predicted molar refractivity (Wildman–Crippen MR) is 76.5 cm³/mol. The van der Waals surface area contributed by atoms with Crippen molar-refractivity contribution in [1.82, 2.24) is 10.1 Å². The van der Waals surface area contributed by atoms with Crippen LogP contribution >= 0.6 is 15.9 Å². The second-order valence-corrected chi connectivity index (χ2v) is 5.06. The summed E-state index contributed by atoms with van der Waals surface area (Å²) in [5, 5.41) is 3.98. The van der Waals surface area contributed by atoms with Crippen LogP contribution in [0.5, 0.6) is 0 Å². The number of benzene rings is 1. The van der Waals surface area contributed by atoms with Crippen LogP contribution in [0.4, 0.5) is 5.69 Å². The van der Waals surface area contributed by atoms with Gasteiger partial charge in [0.25, 0.3) is 5.89 Å². The van der Waals surface area contributed by atoms with Gasteiger partial charge in [-0.05, 0) is 40.5 Å². The molecule has 6 heteroatoms. The van der Waals surface area contributed by atoms with Crippen LogP contribution in [0.3, 0.4) is 0 Å². The SMILES string of the molecule is CCCC(OC)c1noc(-c2ccc(N)c(Br)c2)n1. The molecule has 1 aromatic heterocycles. The summed E-state index contributed by atoms with van der Waals surface area (Å²) in [6.07, 6.45) is 1.73. The average Bonchev–Trinajstić information content (AvgIpc) is 2.88. The highest BCUT2D eigenvalue weighted by atomic mass is 79.9. The number of aromatic nitrogens is 2. The van der Waals surface area contributed by atoms with Crippen LogP contribution in [-0.2, 0) is 4.74 Å². The topological polar surface area (TPSA) is 74.2 Å². The molecule has 2 N–H and O–H groups in total. The normalized spacial score (nSPS) is 12.6. The molecule has 0 aliphatic heterocycles. The lowest BCUT2D eigenvalue weighted by Gasteiger charge is -2.08. The molecule has 2 rings (SSSR count). The van der Waals surface area contributed by atoms with Gasteiger partial charge in [-0.3, -0.25) is 0 Å². The Kier molecular flexibility index (Phi) is 4.55. The number of nitrogens with two attached hydrogens (primary N) is 1. The zero-order chi connectivity index (χ0) is 13.8. The molecule has 0 aliphatic carbocycles. The lowest BCUT2D eigenvalue weighted by molar-refractivity contribution is 0.0854. The van der Waals surface area contributed by atoms with E-state index < -0.39 is 0 Å². The number of nitrogens with zero attached hydrogens (tertiary/aromatic N) is 2. The fourth-order valence-electron chi connectivity index (χ4n) is 1.76. The van der Waals surface area contributed by atoms with Crippen LogP contribution in [0.25, 0.3) is 11.5 Å². The molecule has 0 bridgehead atoms. The van der Waals surface area contributed by atoms with Gasteiger partial charge in [0, 0.05) is 22.8 Å². The Morgan fingerprint density at radius 1 is 1.47 bits per heavy atom. The standard InChI is InChI=1S/C13H16BrN3O2/c1-3-4-11(18-2)12-16-13(19-17-12)8-5-6-10(15)9(14)7-8/h5-7,11H,3-4,15H2,1-2H3. The Morgan fingerprint density at radius 2 is 2.26 bits per heavy atom. The first-order chi connectivity index (χ1) is 9.15. The van der Waals surface area contributed by atoms with E-state index in [2.05, 4.69) is 33.0 Å². The van der Waals surface area contributed by atoms with Crippen molar-refractivity contribution < 1.29 is 9.26 Å². The maximum absolute atomic E-state index is 5.75. The summed E-state index contributed by atoms with van der Waals surface area (Å²) in [6.45, 7) is 2.09. The Morgan fingerprint density at radius 3 is 2.89 bits per heavy atom. The predicted octanol–water partition coefficient (Wildman–Crippen LogP) is 3.57. The molecular weight excluding hydrogens is 310 g/mol. The summed E-state index contributed by atoms with van der Waals surface area (Å²) in [5.41, 5.74) is 7.24. The molecule has 19 heavy (non-hydrogen) atoms. The van der Waals surface area contributed by atoms with Crippen molar-refractivity contribution in [2.45, 2.75) is 25.9 Å². The maximum Gasteiger partial charge on any atom is 0.258 e. The zero-order valence-corrected chi connectivity index (χ0v) is 12.5. The number of halogens is 1. The van der Waals surface area contributed by atoms with E-state index in [-0.39, 0.29) is 6.10 Å². The molecule has 1 atom stereocenters. The number of rotatable bonds is 5. The van der Waals surface area contributed by atoms with E-state index in [1.165, 1.54) is 0 Å². The van der Waals surface area contributed by atoms with E-state index in [1.54, 1.807) is 13.2 Å². The molecule has 1 heterocycles. The third-order valence-corrected chi connectivity index (χ3v) is 3.50. The fraction of sp³-hybridized carbons (Fsp3) is 0.385. The minimum atomic E-state index is -0.125. The van der Waals surface area contributed by atoms with Crippen LogP contribution in [0.1, 0.15) is 31.7 Å². The van der Waals surface area contributed by atoms with Crippen LogP contribution < -0.4 is 5.73 Å². The molecule has 0 saturated carbocycles. The highest BCUT2D eigenvalue weighted by Crippen LogP contribution is 2.28. The van der Waals surface area contributed by atoms with E-state index >= 15 is 0 Å². The quantitative estimate of drug-likeness (QED) is 0.850. The van der Waals surface area contributed by atoms with Crippen molar-refractivity contribution >= 4 is 21.6 Å². The van der Waals surface area contributed by atoms with Gasteiger partial charge in [0.15, 0.2) is 0 Å². The molecule has 0 saturated heterocycles. The molecule has 0 fully saturated rings. The minimum absolute atomic E-state index is 0.125. The molecule has 0 aliphatic rings. The van der Waals surface area contributed by atoms with Crippen molar-refractivity contribution in [3.8, 4) is 11.5 Å². The van der Waals surface area contributed by atoms with Gasteiger partial charge in [0.05, 0.1) is 0 Å². The second-order valence-electron chi connectivity index (χ2n) is 4.21. The average molecular weight is 326 g/mol. The number of nitrogen functional groups attached to an aromatic ring is 1. The van der Waals surface area contributed by atoms with E-state index in [9.17, 15) is 0 Å². The van der Waals surface area contributed by atoms with Crippen LogP contribution in [0.15, 0.2) is 27.2 Å². The summed E-state index contributed by atoms with van der Waals surface area (Å²) < 4.78 is 11.4. The number of methoxy groups -OCH3 is 1.